The number of carbonyl (C=O) groups excluding carboxylic acids is 2. The van der Waals surface area contributed by atoms with Crippen molar-refractivity contribution in [1.29, 1.82) is 0 Å². The molecule has 200 valence electrons. The predicted molar refractivity (Wildman–Crippen MR) is 144 cm³/mol. The number of piperidine rings is 1. The molecule has 0 saturated carbocycles. The van der Waals surface area contributed by atoms with Crippen LogP contribution in [0.25, 0.3) is 11.0 Å². The van der Waals surface area contributed by atoms with Gasteiger partial charge in [-0.2, -0.15) is 0 Å². The molecule has 1 amide bonds. The van der Waals surface area contributed by atoms with Gasteiger partial charge in [-0.15, -0.1) is 0 Å². The Labute approximate surface area is 215 Å². The van der Waals surface area contributed by atoms with Gasteiger partial charge in [-0.3, -0.25) is 0 Å². The summed E-state index contributed by atoms with van der Waals surface area (Å²) in [6.07, 6.45) is 4.88. The Hall–Kier alpha value is -2.59. The highest BCUT2D eigenvalue weighted by atomic mass is 28.3. The molecule has 2 aromatic rings. The van der Waals surface area contributed by atoms with E-state index in [-0.39, 0.29) is 18.7 Å². The van der Waals surface area contributed by atoms with Crippen LogP contribution in [0.1, 0.15) is 50.9 Å². The Kier molecular flexibility index (Phi) is 9.05. The van der Waals surface area contributed by atoms with Crippen LogP contribution < -0.4 is 5.32 Å². The van der Waals surface area contributed by atoms with E-state index in [9.17, 15) is 9.59 Å². The summed E-state index contributed by atoms with van der Waals surface area (Å²) < 4.78 is 18.8. The van der Waals surface area contributed by atoms with Gasteiger partial charge in [-0.05, 0) is 52.6 Å². The number of pyridine rings is 1. The van der Waals surface area contributed by atoms with E-state index in [1.807, 2.05) is 37.6 Å². The van der Waals surface area contributed by atoms with Gasteiger partial charge < -0.3 is 29.0 Å². The zero-order valence-corrected chi connectivity index (χ0v) is 23.8. The second-order valence-electron chi connectivity index (χ2n) is 11.5. The third-order valence-electron chi connectivity index (χ3n) is 5.93. The fraction of sp³-hybridized carbons (Fsp3) is 0.654. The van der Waals surface area contributed by atoms with Crippen LogP contribution >= 0.6 is 0 Å². The van der Waals surface area contributed by atoms with Gasteiger partial charge in [0.25, 0.3) is 0 Å². The monoisotopic (exact) mass is 518 g/mol. The molecule has 0 aromatic carbocycles. The summed E-state index contributed by atoms with van der Waals surface area (Å²) in [7, 11) is -1.17. The number of amides is 1. The maximum Gasteiger partial charge on any atom is 0.410 e. The predicted octanol–water partition coefficient (Wildman–Crippen LogP) is 5.34. The Morgan fingerprint density at radius 2 is 2.00 bits per heavy atom. The molecule has 1 atom stereocenters. The molecule has 2 aromatic heterocycles. The van der Waals surface area contributed by atoms with E-state index in [1.54, 1.807) is 18.0 Å². The molecule has 36 heavy (non-hydrogen) atoms. The molecule has 0 aliphatic carbocycles. The highest BCUT2D eigenvalue weighted by Gasteiger charge is 2.29. The van der Waals surface area contributed by atoms with Gasteiger partial charge in [0.2, 0.25) is 0 Å². The zero-order valence-electron chi connectivity index (χ0n) is 22.8. The van der Waals surface area contributed by atoms with E-state index in [1.165, 1.54) is 0 Å². The van der Waals surface area contributed by atoms with Gasteiger partial charge in [0.15, 0.2) is 0 Å². The normalized spacial score (nSPS) is 16.8. The van der Waals surface area contributed by atoms with Crippen LogP contribution in [-0.4, -0.2) is 72.5 Å². The second-order valence-corrected chi connectivity index (χ2v) is 17.2. The van der Waals surface area contributed by atoms with Gasteiger partial charge in [0.05, 0.1) is 12.3 Å². The van der Waals surface area contributed by atoms with Gasteiger partial charge in [-0.25, -0.2) is 14.6 Å². The fourth-order valence-corrected chi connectivity index (χ4v) is 4.85. The summed E-state index contributed by atoms with van der Waals surface area (Å²) in [6, 6.07) is 3.00. The summed E-state index contributed by atoms with van der Waals surface area (Å²) in [6.45, 7) is 16.9. The molecule has 1 unspecified atom stereocenters. The third kappa shape index (κ3) is 7.70. The van der Waals surface area contributed by atoms with Crippen molar-refractivity contribution < 1.29 is 23.8 Å². The Morgan fingerprint density at radius 3 is 2.67 bits per heavy atom. The first-order valence-corrected chi connectivity index (χ1v) is 16.6. The van der Waals surface area contributed by atoms with Crippen molar-refractivity contribution in [3.63, 3.8) is 0 Å². The number of nitrogens with one attached hydrogen (secondary N) is 1. The number of ether oxygens (including phenoxy) is 3. The molecular formula is C26H42N4O5Si. The van der Waals surface area contributed by atoms with E-state index in [4.69, 9.17) is 14.2 Å². The molecule has 1 aliphatic heterocycles. The van der Waals surface area contributed by atoms with Crippen molar-refractivity contribution in [2.75, 3.05) is 31.6 Å². The number of aromatic nitrogens is 2. The molecule has 1 fully saturated rings. The molecular weight excluding hydrogens is 476 g/mol. The summed E-state index contributed by atoms with van der Waals surface area (Å²) in [5.41, 5.74) is 1.25. The molecule has 10 heteroatoms. The largest absolute Gasteiger partial charge is 0.462 e. The first-order valence-electron chi connectivity index (χ1n) is 12.8. The molecule has 9 nitrogen and oxygen atoms in total. The first kappa shape index (κ1) is 28.0. The SMILES string of the molecule is CCOC(=O)c1cnc2c(ccn2COCC[Si](C)(C)C)c1NC1CCCN(C(=O)OC(C)(C)C)C1. The summed E-state index contributed by atoms with van der Waals surface area (Å²) >= 11 is 0. The number of anilines is 1. The van der Waals surface area contributed by atoms with Gasteiger partial charge in [-0.1, -0.05) is 19.6 Å². The van der Waals surface area contributed by atoms with Gasteiger partial charge in [0.1, 0.15) is 23.5 Å². The second kappa shape index (κ2) is 11.6. The summed E-state index contributed by atoms with van der Waals surface area (Å²) in [5, 5.41) is 4.36. The highest BCUT2D eigenvalue weighted by Crippen LogP contribution is 2.30. The van der Waals surface area contributed by atoms with E-state index in [0.717, 1.165) is 29.9 Å². The standard InChI is InChI=1S/C26H42N4O5Si/c1-8-34-24(31)21-16-27-23-20(11-13-30(23)18-33-14-15-36(5,6)7)22(21)28-19-10-9-12-29(17-19)25(32)35-26(2,3)4/h11,13,16,19H,8-10,12,14-15,17-18H2,1-7H3,(H,27,28). The first-order chi connectivity index (χ1) is 16.9. The molecule has 3 rings (SSSR count). The van der Waals surface area contributed by atoms with Crippen LogP contribution in [-0.2, 0) is 20.9 Å². The average molecular weight is 519 g/mol. The Balaban J connectivity index is 1.82. The number of esters is 1. The minimum atomic E-state index is -1.17. The lowest BCUT2D eigenvalue weighted by Crippen LogP contribution is -2.47. The smallest absolute Gasteiger partial charge is 0.410 e. The number of nitrogens with zero attached hydrogens (tertiary/aromatic N) is 3. The minimum Gasteiger partial charge on any atom is -0.462 e. The van der Waals surface area contributed by atoms with E-state index >= 15 is 0 Å². The van der Waals surface area contributed by atoms with Crippen molar-refractivity contribution in [3.05, 3.63) is 24.0 Å². The summed E-state index contributed by atoms with van der Waals surface area (Å²) in [4.78, 5) is 31.7. The van der Waals surface area contributed by atoms with Gasteiger partial charge >= 0.3 is 12.1 Å². The molecule has 0 spiro atoms. The fourth-order valence-electron chi connectivity index (χ4n) is 4.09. The van der Waals surface area contributed by atoms with Crippen molar-refractivity contribution >= 4 is 36.9 Å². The number of rotatable bonds is 9. The zero-order chi connectivity index (χ0) is 26.5. The topological polar surface area (TPSA) is 94.9 Å². The Bertz CT molecular complexity index is 1060. The van der Waals surface area contributed by atoms with Crippen LogP contribution in [0.5, 0.6) is 0 Å². The van der Waals surface area contributed by atoms with Crippen molar-refractivity contribution in [2.24, 2.45) is 0 Å². The maximum atomic E-state index is 12.8. The average Bonchev–Trinajstić information content (AvgIpc) is 3.19. The molecule has 1 saturated heterocycles. The number of hydrogen-bond donors (Lipinski definition) is 1. The van der Waals surface area contributed by atoms with Crippen LogP contribution in [0.2, 0.25) is 25.7 Å². The lowest BCUT2D eigenvalue weighted by atomic mass is 10.0. The quantitative estimate of drug-likeness (QED) is 0.272. The van der Waals surface area contributed by atoms with E-state index in [2.05, 4.69) is 29.9 Å². The third-order valence-corrected chi connectivity index (χ3v) is 7.64. The van der Waals surface area contributed by atoms with Crippen molar-refractivity contribution in [3.8, 4) is 0 Å². The minimum absolute atomic E-state index is 0.0404. The number of likely N-dealkylation sites (tertiary alicyclic amines) is 1. The van der Waals surface area contributed by atoms with Crippen LogP contribution in [0.4, 0.5) is 10.5 Å². The van der Waals surface area contributed by atoms with Gasteiger partial charge in [0, 0.05) is 51.6 Å². The van der Waals surface area contributed by atoms with Crippen molar-refractivity contribution in [1.82, 2.24) is 14.5 Å². The van der Waals surface area contributed by atoms with E-state index < -0.39 is 19.6 Å². The highest BCUT2D eigenvalue weighted by molar-refractivity contribution is 6.76. The Morgan fingerprint density at radius 1 is 1.25 bits per heavy atom. The van der Waals surface area contributed by atoms with Crippen LogP contribution in [0.15, 0.2) is 18.5 Å². The number of fused-ring (bicyclic) bond motifs is 1. The molecule has 1 aliphatic rings. The lowest BCUT2D eigenvalue weighted by molar-refractivity contribution is 0.0205. The van der Waals surface area contributed by atoms with Crippen LogP contribution in [0.3, 0.4) is 0 Å². The number of hydrogen-bond acceptors (Lipinski definition) is 7. The summed E-state index contributed by atoms with van der Waals surface area (Å²) in [5.74, 6) is -0.423. The van der Waals surface area contributed by atoms with Crippen LogP contribution in [0, 0.1) is 0 Å². The number of carbonyl (C=O) groups is 2. The lowest BCUT2D eigenvalue weighted by Gasteiger charge is -2.35. The van der Waals surface area contributed by atoms with E-state index in [0.29, 0.717) is 37.7 Å². The molecule has 3 heterocycles. The molecule has 0 bridgehead atoms. The molecule has 1 N–H and O–H groups in total. The van der Waals surface area contributed by atoms with Crippen molar-refractivity contribution in [2.45, 2.75) is 84.6 Å². The maximum absolute atomic E-state index is 12.8. The molecule has 0 radical (unpaired) electrons.